The van der Waals surface area contributed by atoms with Crippen LogP contribution in [-0.4, -0.2) is 23.0 Å². The Morgan fingerprint density at radius 3 is 2.60 bits per heavy atom. The van der Waals surface area contributed by atoms with Gasteiger partial charge in [0.2, 0.25) is 0 Å². The van der Waals surface area contributed by atoms with Gasteiger partial charge < -0.3 is 5.32 Å². The molecule has 1 aliphatic carbocycles. The molecule has 3 heteroatoms. The Balaban J connectivity index is 1.84. The maximum absolute atomic E-state index is 4.70. The van der Waals surface area contributed by atoms with E-state index in [4.69, 9.17) is 4.99 Å². The molecule has 0 aromatic heterocycles. The van der Waals surface area contributed by atoms with E-state index in [1.54, 1.807) is 0 Å². The first-order valence-electron chi connectivity index (χ1n) is 6.23. The minimum atomic E-state index is 0.336. The highest BCUT2D eigenvalue weighted by atomic mass is 32.2. The lowest BCUT2D eigenvalue weighted by atomic mass is 9.86. The van der Waals surface area contributed by atoms with Gasteiger partial charge in [-0.25, -0.2) is 0 Å². The summed E-state index contributed by atoms with van der Waals surface area (Å²) in [6.45, 7) is 5.59. The highest BCUT2D eigenvalue weighted by Gasteiger charge is 2.33. The largest absolute Gasteiger partial charge is 0.359 e. The summed E-state index contributed by atoms with van der Waals surface area (Å²) in [5, 5.41) is 4.82. The van der Waals surface area contributed by atoms with Gasteiger partial charge in [-0.05, 0) is 31.6 Å². The van der Waals surface area contributed by atoms with Gasteiger partial charge in [-0.15, -0.1) is 0 Å². The number of hydrogen-bond donors (Lipinski definition) is 1. The van der Waals surface area contributed by atoms with Crippen LogP contribution in [0.25, 0.3) is 0 Å². The molecular weight excluding hydrogens is 204 g/mol. The van der Waals surface area contributed by atoms with Crippen LogP contribution in [0, 0.1) is 5.92 Å². The molecule has 0 unspecified atom stereocenters. The van der Waals surface area contributed by atoms with Crippen LogP contribution < -0.4 is 5.32 Å². The minimum Gasteiger partial charge on any atom is -0.359 e. The number of rotatable bonds is 4. The van der Waals surface area contributed by atoms with Gasteiger partial charge in [0.1, 0.15) is 0 Å². The zero-order chi connectivity index (χ0) is 10.7. The Bertz CT molecular complexity index is 242. The molecule has 0 amide bonds. The summed E-state index contributed by atoms with van der Waals surface area (Å²) in [6.07, 6.45) is 6.63. The van der Waals surface area contributed by atoms with Crippen molar-refractivity contribution >= 4 is 16.9 Å². The topological polar surface area (TPSA) is 24.4 Å². The molecule has 0 atom stereocenters. The van der Waals surface area contributed by atoms with E-state index in [0.29, 0.717) is 5.54 Å². The van der Waals surface area contributed by atoms with Crippen molar-refractivity contribution in [3.63, 3.8) is 0 Å². The Hall–Kier alpha value is -0.180. The molecule has 1 saturated carbocycles. The van der Waals surface area contributed by atoms with E-state index in [1.165, 1.54) is 43.0 Å². The molecule has 86 valence electrons. The normalized spacial score (nSPS) is 27.7. The van der Waals surface area contributed by atoms with E-state index < -0.39 is 0 Å². The molecule has 2 rings (SSSR count). The smallest absolute Gasteiger partial charge is 0.157 e. The maximum atomic E-state index is 4.70. The first-order valence-corrected chi connectivity index (χ1v) is 7.22. The first-order chi connectivity index (χ1) is 7.28. The number of nitrogens with one attached hydrogen (secondary N) is 1. The fourth-order valence-electron chi connectivity index (χ4n) is 2.11. The molecule has 1 heterocycles. The number of thioether (sulfide) groups is 1. The standard InChI is InChI=1S/C12H22N2S/c1-3-12(4-2)9-15-11(14-12)13-8-10-6-5-7-10/h10H,3-9H2,1-2H3,(H,13,14). The quantitative estimate of drug-likeness (QED) is 0.797. The summed E-state index contributed by atoms with van der Waals surface area (Å²) in [4.78, 5) is 4.70. The lowest BCUT2D eigenvalue weighted by Crippen LogP contribution is -2.42. The van der Waals surface area contributed by atoms with Gasteiger partial charge >= 0.3 is 0 Å². The first kappa shape index (κ1) is 11.3. The van der Waals surface area contributed by atoms with Crippen LogP contribution in [-0.2, 0) is 0 Å². The van der Waals surface area contributed by atoms with E-state index in [0.717, 1.165) is 12.5 Å². The van der Waals surface area contributed by atoms with Gasteiger partial charge in [0, 0.05) is 17.8 Å². The zero-order valence-corrected chi connectivity index (χ0v) is 10.7. The summed E-state index contributed by atoms with van der Waals surface area (Å²) in [5.74, 6) is 2.09. The van der Waals surface area contributed by atoms with Crippen molar-refractivity contribution in [1.29, 1.82) is 0 Å². The van der Waals surface area contributed by atoms with E-state index in [-0.39, 0.29) is 0 Å². The van der Waals surface area contributed by atoms with Gasteiger partial charge in [-0.2, -0.15) is 0 Å². The van der Waals surface area contributed by atoms with Crippen LogP contribution in [0.2, 0.25) is 0 Å². The fraction of sp³-hybridized carbons (Fsp3) is 0.917. The SMILES string of the molecule is CCC1(CC)CSC(=NCC2CCC2)N1. The second kappa shape index (κ2) is 4.77. The van der Waals surface area contributed by atoms with Crippen LogP contribution >= 0.6 is 11.8 Å². The van der Waals surface area contributed by atoms with Crippen molar-refractivity contribution in [3.8, 4) is 0 Å². The van der Waals surface area contributed by atoms with E-state index >= 15 is 0 Å². The minimum absolute atomic E-state index is 0.336. The summed E-state index contributed by atoms with van der Waals surface area (Å²) in [6, 6.07) is 0. The predicted octanol–water partition coefficient (Wildman–Crippen LogP) is 3.04. The molecule has 2 fully saturated rings. The van der Waals surface area contributed by atoms with Gasteiger partial charge in [-0.1, -0.05) is 32.0 Å². The van der Waals surface area contributed by atoms with Crippen molar-refractivity contribution in [2.75, 3.05) is 12.3 Å². The highest BCUT2D eigenvalue weighted by molar-refractivity contribution is 8.14. The molecule has 2 aliphatic rings. The summed E-state index contributed by atoms with van der Waals surface area (Å²) in [5.41, 5.74) is 0.336. The van der Waals surface area contributed by atoms with Gasteiger partial charge in [-0.3, -0.25) is 4.99 Å². The molecule has 0 aromatic carbocycles. The van der Waals surface area contributed by atoms with Crippen molar-refractivity contribution in [3.05, 3.63) is 0 Å². The molecular formula is C12H22N2S. The predicted molar refractivity (Wildman–Crippen MR) is 68.5 cm³/mol. The van der Waals surface area contributed by atoms with E-state index in [1.807, 2.05) is 11.8 Å². The molecule has 15 heavy (non-hydrogen) atoms. The maximum Gasteiger partial charge on any atom is 0.157 e. The number of hydrogen-bond acceptors (Lipinski definition) is 2. The van der Waals surface area contributed by atoms with E-state index in [9.17, 15) is 0 Å². The highest BCUT2D eigenvalue weighted by Crippen LogP contribution is 2.30. The average molecular weight is 226 g/mol. The van der Waals surface area contributed by atoms with Crippen molar-refractivity contribution in [1.82, 2.24) is 5.32 Å². The molecule has 1 aliphatic heterocycles. The molecule has 0 spiro atoms. The summed E-state index contributed by atoms with van der Waals surface area (Å²) < 4.78 is 0. The Morgan fingerprint density at radius 1 is 1.40 bits per heavy atom. The molecule has 0 aromatic rings. The van der Waals surface area contributed by atoms with Gasteiger partial charge in [0.05, 0.1) is 0 Å². The second-order valence-corrected chi connectivity index (χ2v) is 5.81. The van der Waals surface area contributed by atoms with Crippen molar-refractivity contribution in [2.24, 2.45) is 10.9 Å². The third-order valence-corrected chi connectivity index (χ3v) is 5.13. The molecule has 0 radical (unpaired) electrons. The Morgan fingerprint density at radius 2 is 2.13 bits per heavy atom. The monoisotopic (exact) mass is 226 g/mol. The van der Waals surface area contributed by atoms with Gasteiger partial charge in [0.15, 0.2) is 5.17 Å². The lowest BCUT2D eigenvalue weighted by molar-refractivity contribution is 0.325. The average Bonchev–Trinajstić information content (AvgIpc) is 2.60. The second-order valence-electron chi connectivity index (χ2n) is 4.84. The Kier molecular flexibility index (Phi) is 3.60. The van der Waals surface area contributed by atoms with Crippen molar-refractivity contribution in [2.45, 2.75) is 51.5 Å². The van der Waals surface area contributed by atoms with Crippen LogP contribution in [0.1, 0.15) is 46.0 Å². The number of amidine groups is 1. The molecule has 0 bridgehead atoms. The molecule has 1 N–H and O–H groups in total. The number of nitrogens with zero attached hydrogens (tertiary/aromatic N) is 1. The van der Waals surface area contributed by atoms with Gasteiger partial charge in [0.25, 0.3) is 0 Å². The number of aliphatic imine (C=N–C) groups is 1. The van der Waals surface area contributed by atoms with E-state index in [2.05, 4.69) is 19.2 Å². The summed E-state index contributed by atoms with van der Waals surface area (Å²) in [7, 11) is 0. The molecule has 2 nitrogen and oxygen atoms in total. The summed E-state index contributed by atoms with van der Waals surface area (Å²) >= 11 is 1.91. The lowest BCUT2D eigenvalue weighted by Gasteiger charge is -2.26. The Labute approximate surface area is 97.3 Å². The van der Waals surface area contributed by atoms with Crippen LogP contribution in [0.5, 0.6) is 0 Å². The van der Waals surface area contributed by atoms with Crippen molar-refractivity contribution < 1.29 is 0 Å². The zero-order valence-electron chi connectivity index (χ0n) is 9.88. The fourth-order valence-corrected chi connectivity index (χ4v) is 3.46. The molecule has 1 saturated heterocycles. The third-order valence-electron chi connectivity index (χ3n) is 3.93. The van der Waals surface area contributed by atoms with Crippen LogP contribution in [0.15, 0.2) is 4.99 Å². The van der Waals surface area contributed by atoms with Crippen LogP contribution in [0.3, 0.4) is 0 Å². The van der Waals surface area contributed by atoms with Crippen LogP contribution in [0.4, 0.5) is 0 Å². The third kappa shape index (κ3) is 2.49.